The summed E-state index contributed by atoms with van der Waals surface area (Å²) in [7, 11) is 0. The van der Waals surface area contributed by atoms with E-state index in [4.69, 9.17) is 5.73 Å². The second-order valence-electron chi connectivity index (χ2n) is 5.45. The number of hydrogen-bond donors (Lipinski definition) is 1. The second-order valence-corrected chi connectivity index (χ2v) is 6.28. The van der Waals surface area contributed by atoms with Crippen molar-refractivity contribution in [3.05, 3.63) is 47.0 Å². The molecule has 0 bridgehead atoms. The lowest BCUT2D eigenvalue weighted by atomic mass is 9.90. The molecule has 1 aromatic heterocycles. The molecule has 1 aliphatic rings. The first-order valence-electron chi connectivity index (χ1n) is 7.28. The monoisotopic (exact) mass is 287 g/mol. The molecule has 0 unspecified atom stereocenters. The predicted octanol–water partition coefficient (Wildman–Crippen LogP) is 3.06. The van der Waals surface area contributed by atoms with Crippen LogP contribution in [0.15, 0.2) is 35.7 Å². The third kappa shape index (κ3) is 3.19. The molecule has 3 nitrogen and oxygen atoms in total. The van der Waals surface area contributed by atoms with Crippen LogP contribution in [0.3, 0.4) is 0 Å². The molecule has 1 aliphatic heterocycles. The van der Waals surface area contributed by atoms with Crippen molar-refractivity contribution in [2.45, 2.75) is 25.8 Å². The highest BCUT2D eigenvalue weighted by atomic mass is 32.1. The van der Waals surface area contributed by atoms with Crippen molar-refractivity contribution in [1.29, 1.82) is 0 Å². The van der Waals surface area contributed by atoms with Crippen LogP contribution >= 0.6 is 11.3 Å². The molecular formula is C16H21N3S. The van der Waals surface area contributed by atoms with Crippen LogP contribution in [-0.2, 0) is 13.0 Å². The molecule has 2 aromatic rings. The number of piperidine rings is 1. The van der Waals surface area contributed by atoms with E-state index in [1.807, 2.05) is 0 Å². The standard InChI is InChI=1S/C16H21N3S/c17-11-15-12-20-16(18-15)19-8-6-14(7-9-19)10-13-4-2-1-3-5-13/h1-5,12,14H,6-11,17H2. The van der Waals surface area contributed by atoms with Gasteiger partial charge < -0.3 is 10.6 Å². The van der Waals surface area contributed by atoms with Gasteiger partial charge in [0.2, 0.25) is 0 Å². The van der Waals surface area contributed by atoms with Gasteiger partial charge in [-0.2, -0.15) is 0 Å². The molecular weight excluding hydrogens is 266 g/mol. The summed E-state index contributed by atoms with van der Waals surface area (Å²) in [5.74, 6) is 0.808. The maximum atomic E-state index is 5.63. The smallest absolute Gasteiger partial charge is 0.185 e. The van der Waals surface area contributed by atoms with E-state index in [9.17, 15) is 0 Å². The lowest BCUT2D eigenvalue weighted by molar-refractivity contribution is 0.403. The van der Waals surface area contributed by atoms with Crippen molar-refractivity contribution in [3.63, 3.8) is 0 Å². The summed E-state index contributed by atoms with van der Waals surface area (Å²) < 4.78 is 0. The van der Waals surface area contributed by atoms with Crippen molar-refractivity contribution in [2.24, 2.45) is 11.7 Å². The number of nitrogens with two attached hydrogens (primary N) is 1. The number of nitrogens with zero attached hydrogens (tertiary/aromatic N) is 2. The summed E-state index contributed by atoms with van der Waals surface area (Å²) in [5, 5.41) is 3.22. The fourth-order valence-corrected chi connectivity index (χ4v) is 3.70. The Morgan fingerprint density at radius 3 is 2.60 bits per heavy atom. The van der Waals surface area contributed by atoms with E-state index in [1.165, 1.54) is 24.8 Å². The molecule has 2 N–H and O–H groups in total. The van der Waals surface area contributed by atoms with Crippen molar-refractivity contribution in [1.82, 2.24) is 4.98 Å². The Kier molecular flexibility index (Phi) is 4.33. The molecule has 2 heterocycles. The van der Waals surface area contributed by atoms with E-state index in [0.29, 0.717) is 6.54 Å². The lowest BCUT2D eigenvalue weighted by Gasteiger charge is -2.31. The Bertz CT molecular complexity index is 530. The van der Waals surface area contributed by atoms with Crippen LogP contribution in [-0.4, -0.2) is 18.1 Å². The van der Waals surface area contributed by atoms with Crippen LogP contribution in [0.4, 0.5) is 5.13 Å². The van der Waals surface area contributed by atoms with Gasteiger partial charge in [-0.25, -0.2) is 4.98 Å². The molecule has 0 saturated carbocycles. The minimum absolute atomic E-state index is 0.543. The quantitative estimate of drug-likeness (QED) is 0.939. The Balaban J connectivity index is 1.54. The number of thiazole rings is 1. The van der Waals surface area contributed by atoms with E-state index < -0.39 is 0 Å². The molecule has 0 aliphatic carbocycles. The summed E-state index contributed by atoms with van der Waals surface area (Å²) >= 11 is 1.72. The molecule has 4 heteroatoms. The third-order valence-corrected chi connectivity index (χ3v) is 4.95. The van der Waals surface area contributed by atoms with E-state index in [0.717, 1.165) is 29.8 Å². The highest BCUT2D eigenvalue weighted by Gasteiger charge is 2.21. The van der Waals surface area contributed by atoms with Crippen LogP contribution in [0, 0.1) is 5.92 Å². The van der Waals surface area contributed by atoms with E-state index in [-0.39, 0.29) is 0 Å². The molecule has 20 heavy (non-hydrogen) atoms. The topological polar surface area (TPSA) is 42.1 Å². The van der Waals surface area contributed by atoms with E-state index in [2.05, 4.69) is 45.6 Å². The fourth-order valence-electron chi connectivity index (χ4n) is 2.81. The minimum atomic E-state index is 0.543. The Hall–Kier alpha value is -1.39. The first kappa shape index (κ1) is 13.6. The highest BCUT2D eigenvalue weighted by molar-refractivity contribution is 7.13. The van der Waals surface area contributed by atoms with E-state index >= 15 is 0 Å². The van der Waals surface area contributed by atoms with E-state index in [1.54, 1.807) is 11.3 Å². The third-order valence-electron chi connectivity index (χ3n) is 4.00. The molecule has 1 fully saturated rings. The summed E-state index contributed by atoms with van der Waals surface area (Å²) in [6.45, 7) is 2.78. The zero-order chi connectivity index (χ0) is 13.8. The maximum Gasteiger partial charge on any atom is 0.185 e. The minimum Gasteiger partial charge on any atom is -0.348 e. The molecule has 1 aromatic carbocycles. The normalized spacial score (nSPS) is 16.6. The van der Waals surface area contributed by atoms with Crippen LogP contribution in [0.2, 0.25) is 0 Å². The van der Waals surface area contributed by atoms with Crippen molar-refractivity contribution >= 4 is 16.5 Å². The molecule has 106 valence electrons. The average Bonchev–Trinajstić information content (AvgIpc) is 2.98. The summed E-state index contributed by atoms with van der Waals surface area (Å²) in [5.41, 5.74) is 8.10. The molecule has 0 atom stereocenters. The zero-order valence-corrected chi connectivity index (χ0v) is 12.5. The van der Waals surface area contributed by atoms with Crippen LogP contribution in [0.25, 0.3) is 0 Å². The van der Waals surface area contributed by atoms with Gasteiger partial charge in [-0.15, -0.1) is 11.3 Å². The maximum absolute atomic E-state index is 5.63. The summed E-state index contributed by atoms with van der Waals surface area (Å²) in [6, 6.07) is 10.8. The zero-order valence-electron chi connectivity index (χ0n) is 11.7. The lowest BCUT2D eigenvalue weighted by Crippen LogP contribution is -2.34. The van der Waals surface area contributed by atoms with Crippen LogP contribution in [0.1, 0.15) is 24.1 Å². The number of hydrogen-bond acceptors (Lipinski definition) is 4. The predicted molar refractivity (Wildman–Crippen MR) is 85.1 cm³/mol. The number of aromatic nitrogens is 1. The average molecular weight is 287 g/mol. The molecule has 1 saturated heterocycles. The molecule has 0 radical (unpaired) electrons. The van der Waals surface area contributed by atoms with Crippen LogP contribution < -0.4 is 10.6 Å². The molecule has 3 rings (SSSR count). The van der Waals surface area contributed by atoms with Gasteiger partial charge in [0.25, 0.3) is 0 Å². The Morgan fingerprint density at radius 2 is 1.95 bits per heavy atom. The van der Waals surface area contributed by atoms with Crippen molar-refractivity contribution in [2.75, 3.05) is 18.0 Å². The van der Waals surface area contributed by atoms with Gasteiger partial charge in [-0.1, -0.05) is 30.3 Å². The Morgan fingerprint density at radius 1 is 1.20 bits per heavy atom. The first-order valence-corrected chi connectivity index (χ1v) is 8.16. The summed E-state index contributed by atoms with van der Waals surface area (Å²) in [4.78, 5) is 6.99. The Labute approximate surface area is 124 Å². The number of benzene rings is 1. The second kappa shape index (κ2) is 6.37. The van der Waals surface area contributed by atoms with Gasteiger partial charge in [-0.05, 0) is 30.7 Å². The fraction of sp³-hybridized carbons (Fsp3) is 0.438. The number of rotatable bonds is 4. The van der Waals surface area contributed by atoms with Crippen molar-refractivity contribution in [3.8, 4) is 0 Å². The number of anilines is 1. The molecule has 0 spiro atoms. The van der Waals surface area contributed by atoms with Gasteiger partial charge in [0, 0.05) is 25.0 Å². The summed E-state index contributed by atoms with van der Waals surface area (Å²) in [6.07, 6.45) is 3.72. The SMILES string of the molecule is NCc1csc(N2CCC(Cc3ccccc3)CC2)n1. The van der Waals surface area contributed by atoms with Gasteiger partial charge in [0.15, 0.2) is 5.13 Å². The van der Waals surface area contributed by atoms with Crippen LogP contribution in [0.5, 0.6) is 0 Å². The van der Waals surface area contributed by atoms with Crippen molar-refractivity contribution < 1.29 is 0 Å². The molecule has 0 amide bonds. The van der Waals surface area contributed by atoms with Gasteiger partial charge >= 0.3 is 0 Å². The first-order chi connectivity index (χ1) is 9.85. The highest BCUT2D eigenvalue weighted by Crippen LogP contribution is 2.27. The van der Waals surface area contributed by atoms with Gasteiger partial charge in [-0.3, -0.25) is 0 Å². The van der Waals surface area contributed by atoms with Gasteiger partial charge in [0.05, 0.1) is 5.69 Å². The van der Waals surface area contributed by atoms with Gasteiger partial charge in [0.1, 0.15) is 0 Å². The largest absolute Gasteiger partial charge is 0.348 e.